The Balaban J connectivity index is 1.42. The molecule has 0 fully saturated rings. The zero-order chi connectivity index (χ0) is 18.6. The van der Waals surface area contributed by atoms with Crippen LogP contribution in [0.25, 0.3) is 10.9 Å². The molecule has 8 heteroatoms. The number of nitrogens with one attached hydrogen (secondary N) is 2. The Labute approximate surface area is 164 Å². The summed E-state index contributed by atoms with van der Waals surface area (Å²) in [6, 6.07) is 12.9. The molecule has 2 N–H and O–H groups in total. The summed E-state index contributed by atoms with van der Waals surface area (Å²) in [7, 11) is 0. The summed E-state index contributed by atoms with van der Waals surface area (Å²) in [5.41, 5.74) is 2.27. The standard InChI is InChI=1S/C19H14ClN5OS/c20-12-6-7-17(22-10-12)25-19-23-13(11-27-19)9-18(26)24-16-5-1-4-15-14(16)3-2-8-21-15/h1-8,10-11H,9H2,(H,24,26)(H,22,23,25). The van der Waals surface area contributed by atoms with Crippen LogP contribution >= 0.6 is 22.9 Å². The summed E-state index contributed by atoms with van der Waals surface area (Å²) >= 11 is 7.24. The Kier molecular flexibility index (Phi) is 4.95. The van der Waals surface area contributed by atoms with Crippen LogP contribution in [0.5, 0.6) is 0 Å². The van der Waals surface area contributed by atoms with E-state index in [2.05, 4.69) is 25.6 Å². The second kappa shape index (κ2) is 7.69. The minimum absolute atomic E-state index is 0.132. The van der Waals surface area contributed by atoms with E-state index in [1.54, 1.807) is 24.5 Å². The number of anilines is 3. The van der Waals surface area contributed by atoms with Crippen LogP contribution in [0.2, 0.25) is 5.02 Å². The van der Waals surface area contributed by atoms with Gasteiger partial charge in [-0.25, -0.2) is 9.97 Å². The zero-order valence-electron chi connectivity index (χ0n) is 14.0. The number of amides is 1. The van der Waals surface area contributed by atoms with Crippen molar-refractivity contribution >= 4 is 56.4 Å². The first-order valence-electron chi connectivity index (χ1n) is 8.14. The normalized spacial score (nSPS) is 10.7. The SMILES string of the molecule is O=C(Cc1csc(Nc2ccc(Cl)cn2)n1)Nc1cccc2ncccc12. The molecule has 4 rings (SSSR count). The molecule has 0 spiro atoms. The maximum atomic E-state index is 12.4. The van der Waals surface area contributed by atoms with Crippen molar-refractivity contribution in [2.45, 2.75) is 6.42 Å². The number of fused-ring (bicyclic) bond motifs is 1. The molecule has 0 radical (unpaired) electrons. The maximum absolute atomic E-state index is 12.4. The molecule has 0 saturated carbocycles. The molecule has 0 aliphatic heterocycles. The van der Waals surface area contributed by atoms with E-state index in [0.717, 1.165) is 16.6 Å². The van der Waals surface area contributed by atoms with Crippen molar-refractivity contribution in [3.05, 3.63) is 71.0 Å². The molecule has 0 atom stereocenters. The fourth-order valence-electron chi connectivity index (χ4n) is 2.58. The number of carbonyl (C=O) groups excluding carboxylic acids is 1. The van der Waals surface area contributed by atoms with Gasteiger partial charge in [0.2, 0.25) is 5.91 Å². The molecule has 0 unspecified atom stereocenters. The Morgan fingerprint density at radius 2 is 2.04 bits per heavy atom. The number of rotatable bonds is 5. The molecular weight excluding hydrogens is 382 g/mol. The highest BCUT2D eigenvalue weighted by atomic mass is 35.5. The van der Waals surface area contributed by atoms with Gasteiger partial charge in [-0.05, 0) is 36.4 Å². The van der Waals surface area contributed by atoms with Crippen molar-refractivity contribution in [3.63, 3.8) is 0 Å². The summed E-state index contributed by atoms with van der Waals surface area (Å²) < 4.78 is 0. The highest BCUT2D eigenvalue weighted by Gasteiger charge is 2.10. The predicted molar refractivity (Wildman–Crippen MR) is 109 cm³/mol. The topological polar surface area (TPSA) is 79.8 Å². The van der Waals surface area contributed by atoms with Crippen LogP contribution in [-0.4, -0.2) is 20.9 Å². The van der Waals surface area contributed by atoms with Crippen LogP contribution in [0.4, 0.5) is 16.6 Å². The zero-order valence-corrected chi connectivity index (χ0v) is 15.6. The Morgan fingerprint density at radius 3 is 2.89 bits per heavy atom. The number of halogens is 1. The smallest absolute Gasteiger partial charge is 0.230 e. The van der Waals surface area contributed by atoms with E-state index in [-0.39, 0.29) is 12.3 Å². The first-order valence-corrected chi connectivity index (χ1v) is 9.40. The van der Waals surface area contributed by atoms with Gasteiger partial charge in [-0.15, -0.1) is 11.3 Å². The molecule has 0 bridgehead atoms. The number of nitrogens with zero attached hydrogens (tertiary/aromatic N) is 3. The first-order chi connectivity index (χ1) is 13.2. The number of hydrogen-bond donors (Lipinski definition) is 2. The van der Waals surface area contributed by atoms with Gasteiger partial charge >= 0.3 is 0 Å². The van der Waals surface area contributed by atoms with E-state index in [9.17, 15) is 4.79 Å². The van der Waals surface area contributed by atoms with Gasteiger partial charge in [0, 0.05) is 23.2 Å². The fourth-order valence-corrected chi connectivity index (χ4v) is 3.41. The third-order valence-corrected chi connectivity index (χ3v) is 4.81. The van der Waals surface area contributed by atoms with Gasteiger partial charge in [-0.3, -0.25) is 9.78 Å². The van der Waals surface area contributed by atoms with E-state index in [0.29, 0.717) is 21.7 Å². The third kappa shape index (κ3) is 4.21. The molecule has 1 amide bonds. The number of thiazole rings is 1. The second-order valence-corrected chi connectivity index (χ2v) is 7.03. The summed E-state index contributed by atoms with van der Waals surface area (Å²) in [5, 5.41) is 10.0. The fraction of sp³-hybridized carbons (Fsp3) is 0.0526. The lowest BCUT2D eigenvalue weighted by molar-refractivity contribution is -0.115. The number of pyridine rings is 2. The molecule has 134 valence electrons. The molecule has 3 heterocycles. The molecule has 4 aromatic rings. The molecular formula is C19H14ClN5OS. The third-order valence-electron chi connectivity index (χ3n) is 3.78. The van der Waals surface area contributed by atoms with Crippen molar-refractivity contribution in [1.82, 2.24) is 15.0 Å². The minimum atomic E-state index is -0.132. The van der Waals surface area contributed by atoms with Crippen LogP contribution in [0.15, 0.2) is 60.2 Å². The van der Waals surface area contributed by atoms with Crippen molar-refractivity contribution in [3.8, 4) is 0 Å². The number of benzene rings is 1. The molecule has 0 saturated heterocycles. The average Bonchev–Trinajstić information content (AvgIpc) is 3.10. The van der Waals surface area contributed by atoms with Crippen LogP contribution in [0.3, 0.4) is 0 Å². The lowest BCUT2D eigenvalue weighted by Crippen LogP contribution is -2.14. The minimum Gasteiger partial charge on any atom is -0.325 e. The van der Waals surface area contributed by atoms with E-state index in [4.69, 9.17) is 11.6 Å². The van der Waals surface area contributed by atoms with Gasteiger partial charge in [-0.1, -0.05) is 17.7 Å². The van der Waals surface area contributed by atoms with E-state index >= 15 is 0 Å². The lowest BCUT2D eigenvalue weighted by atomic mass is 10.2. The van der Waals surface area contributed by atoms with Gasteiger partial charge < -0.3 is 10.6 Å². The molecule has 3 aromatic heterocycles. The molecule has 6 nitrogen and oxygen atoms in total. The van der Waals surface area contributed by atoms with E-state index in [1.807, 2.05) is 35.7 Å². The lowest BCUT2D eigenvalue weighted by Gasteiger charge is -2.07. The van der Waals surface area contributed by atoms with Gasteiger partial charge in [0.25, 0.3) is 0 Å². The van der Waals surface area contributed by atoms with Crippen LogP contribution in [0.1, 0.15) is 5.69 Å². The Morgan fingerprint density at radius 1 is 1.11 bits per heavy atom. The summed E-state index contributed by atoms with van der Waals surface area (Å²) in [5.74, 6) is 0.515. The highest BCUT2D eigenvalue weighted by molar-refractivity contribution is 7.13. The van der Waals surface area contributed by atoms with Crippen LogP contribution < -0.4 is 10.6 Å². The summed E-state index contributed by atoms with van der Waals surface area (Å²) in [6.07, 6.45) is 3.47. The number of hydrogen-bond acceptors (Lipinski definition) is 6. The number of aromatic nitrogens is 3. The largest absolute Gasteiger partial charge is 0.325 e. The van der Waals surface area contributed by atoms with E-state index in [1.165, 1.54) is 11.3 Å². The second-order valence-electron chi connectivity index (χ2n) is 5.73. The Bertz CT molecular complexity index is 1090. The highest BCUT2D eigenvalue weighted by Crippen LogP contribution is 2.23. The van der Waals surface area contributed by atoms with Gasteiger partial charge in [0.15, 0.2) is 5.13 Å². The Hall–Kier alpha value is -3.03. The van der Waals surface area contributed by atoms with Crippen molar-refractivity contribution in [2.75, 3.05) is 10.6 Å². The van der Waals surface area contributed by atoms with E-state index < -0.39 is 0 Å². The average molecular weight is 396 g/mol. The maximum Gasteiger partial charge on any atom is 0.230 e. The summed E-state index contributed by atoms with van der Waals surface area (Å²) in [6.45, 7) is 0. The monoisotopic (exact) mass is 395 g/mol. The van der Waals surface area contributed by atoms with Crippen molar-refractivity contribution in [2.24, 2.45) is 0 Å². The molecule has 0 aliphatic rings. The van der Waals surface area contributed by atoms with Gasteiger partial charge in [0.05, 0.1) is 28.3 Å². The quantitative estimate of drug-likeness (QED) is 0.513. The van der Waals surface area contributed by atoms with Gasteiger partial charge in [-0.2, -0.15) is 0 Å². The van der Waals surface area contributed by atoms with Crippen LogP contribution in [0, 0.1) is 0 Å². The van der Waals surface area contributed by atoms with Crippen molar-refractivity contribution < 1.29 is 4.79 Å². The predicted octanol–water partition coefficient (Wildman–Crippen LogP) is 4.66. The van der Waals surface area contributed by atoms with Crippen LogP contribution in [-0.2, 0) is 11.2 Å². The molecule has 1 aromatic carbocycles. The molecule has 0 aliphatic carbocycles. The summed E-state index contributed by atoms with van der Waals surface area (Å²) in [4.78, 5) is 25.3. The number of carbonyl (C=O) groups is 1. The molecule has 27 heavy (non-hydrogen) atoms. The van der Waals surface area contributed by atoms with Crippen molar-refractivity contribution in [1.29, 1.82) is 0 Å². The first kappa shape index (κ1) is 17.4. The van der Waals surface area contributed by atoms with Gasteiger partial charge in [0.1, 0.15) is 5.82 Å².